The van der Waals surface area contributed by atoms with Gasteiger partial charge in [0.2, 0.25) is 5.91 Å². The Morgan fingerprint density at radius 2 is 1.96 bits per heavy atom. The number of aryl methyl sites for hydroxylation is 1. The van der Waals surface area contributed by atoms with Crippen LogP contribution in [0.4, 0.5) is 17.1 Å². The number of benzene rings is 2. The Balaban J connectivity index is 1.94. The number of pyridine rings is 1. The molecule has 24 heavy (non-hydrogen) atoms. The van der Waals surface area contributed by atoms with Crippen LogP contribution in [0.2, 0.25) is 0 Å². The van der Waals surface area contributed by atoms with E-state index in [0.717, 1.165) is 33.7 Å². The molecule has 2 heterocycles. The third kappa shape index (κ3) is 2.34. The van der Waals surface area contributed by atoms with Crippen molar-refractivity contribution in [2.75, 3.05) is 23.9 Å². The normalized spacial score (nSPS) is 13.6. The monoisotopic (exact) mass is 319 g/mol. The van der Waals surface area contributed by atoms with Crippen molar-refractivity contribution in [1.29, 1.82) is 0 Å². The lowest BCUT2D eigenvalue weighted by atomic mass is 10.1. The fourth-order valence-electron chi connectivity index (χ4n) is 3.12. The first kappa shape index (κ1) is 14.5. The van der Waals surface area contributed by atoms with Gasteiger partial charge in [-0.2, -0.15) is 0 Å². The van der Waals surface area contributed by atoms with Gasteiger partial charge >= 0.3 is 0 Å². The first-order valence-corrected chi connectivity index (χ1v) is 7.77. The molecule has 1 N–H and O–H groups in total. The van der Waals surface area contributed by atoms with E-state index >= 15 is 0 Å². The third-order valence-electron chi connectivity index (χ3n) is 4.18. The van der Waals surface area contributed by atoms with Gasteiger partial charge in [0.05, 0.1) is 29.7 Å². The maximum absolute atomic E-state index is 12.2. The van der Waals surface area contributed by atoms with Gasteiger partial charge in [0.25, 0.3) is 0 Å². The summed E-state index contributed by atoms with van der Waals surface area (Å²) < 4.78 is 5.27. The third-order valence-corrected chi connectivity index (χ3v) is 4.18. The van der Waals surface area contributed by atoms with Crippen LogP contribution in [0.3, 0.4) is 0 Å². The number of hydrogen-bond donors (Lipinski definition) is 1. The van der Waals surface area contributed by atoms with E-state index in [1.54, 1.807) is 7.11 Å². The molecule has 0 spiro atoms. The van der Waals surface area contributed by atoms with Crippen LogP contribution in [-0.2, 0) is 4.79 Å². The first-order valence-electron chi connectivity index (χ1n) is 7.77. The number of hydrogen-bond acceptors (Lipinski definition) is 4. The van der Waals surface area contributed by atoms with Gasteiger partial charge in [0.15, 0.2) is 0 Å². The van der Waals surface area contributed by atoms with Gasteiger partial charge in [-0.05, 0) is 31.2 Å². The molecule has 120 valence electrons. The minimum atomic E-state index is -0.0469. The van der Waals surface area contributed by atoms with Gasteiger partial charge in [-0.25, -0.2) is 0 Å². The van der Waals surface area contributed by atoms with E-state index in [1.807, 2.05) is 60.4 Å². The van der Waals surface area contributed by atoms with E-state index in [1.165, 1.54) is 0 Å². The summed E-state index contributed by atoms with van der Waals surface area (Å²) in [6, 6.07) is 15.7. The number of fused-ring (bicyclic) bond motifs is 2. The Morgan fingerprint density at radius 1 is 1.12 bits per heavy atom. The van der Waals surface area contributed by atoms with E-state index in [4.69, 9.17) is 4.74 Å². The van der Waals surface area contributed by atoms with Crippen LogP contribution >= 0.6 is 0 Å². The van der Waals surface area contributed by atoms with E-state index in [2.05, 4.69) is 10.3 Å². The Hall–Kier alpha value is -3.08. The quantitative estimate of drug-likeness (QED) is 0.783. The smallest absolute Gasteiger partial charge is 0.244 e. The highest BCUT2D eigenvalue weighted by Crippen LogP contribution is 2.39. The molecule has 0 fully saturated rings. The number of ether oxygens (including phenoxy) is 1. The molecular weight excluding hydrogens is 302 g/mol. The lowest BCUT2D eigenvalue weighted by Crippen LogP contribution is -2.35. The highest BCUT2D eigenvalue weighted by atomic mass is 16.5. The summed E-state index contributed by atoms with van der Waals surface area (Å²) in [5.41, 5.74) is 4.54. The fourth-order valence-corrected chi connectivity index (χ4v) is 3.12. The van der Waals surface area contributed by atoms with E-state index in [0.29, 0.717) is 5.75 Å². The average Bonchev–Trinajstić information content (AvgIpc) is 2.59. The molecule has 5 nitrogen and oxygen atoms in total. The van der Waals surface area contributed by atoms with E-state index < -0.39 is 0 Å². The number of aromatic nitrogens is 1. The number of nitrogens with one attached hydrogen (secondary N) is 1. The molecule has 3 aromatic rings. The molecule has 0 unspecified atom stereocenters. The number of anilines is 3. The molecule has 1 aromatic heterocycles. The number of rotatable bonds is 2. The molecule has 0 bridgehead atoms. The molecule has 1 aliphatic heterocycles. The first-order chi connectivity index (χ1) is 11.7. The minimum absolute atomic E-state index is 0.0469. The van der Waals surface area contributed by atoms with Gasteiger partial charge in [-0.15, -0.1) is 0 Å². The zero-order valence-electron chi connectivity index (χ0n) is 13.5. The Bertz CT molecular complexity index is 952. The molecule has 5 heteroatoms. The van der Waals surface area contributed by atoms with Gasteiger partial charge in [-0.1, -0.05) is 18.2 Å². The van der Waals surface area contributed by atoms with E-state index in [9.17, 15) is 4.79 Å². The standard InChI is InChI=1S/C19H17N3O2/c1-12-9-18(14-5-3-4-6-15(14)20-12)22-11-19(23)21-16-10-13(24-2)7-8-17(16)22/h3-10H,11H2,1-2H3,(H,21,23). The largest absolute Gasteiger partial charge is 0.497 e. The van der Waals surface area contributed by atoms with E-state index in [-0.39, 0.29) is 12.5 Å². The Labute approximate surface area is 139 Å². The lowest BCUT2D eigenvalue weighted by Gasteiger charge is -2.32. The lowest BCUT2D eigenvalue weighted by molar-refractivity contribution is -0.115. The van der Waals surface area contributed by atoms with Crippen molar-refractivity contribution < 1.29 is 9.53 Å². The predicted octanol–water partition coefficient (Wildman–Crippen LogP) is 3.64. The van der Waals surface area contributed by atoms with Crippen LogP contribution in [0.25, 0.3) is 10.9 Å². The average molecular weight is 319 g/mol. The Morgan fingerprint density at radius 3 is 2.79 bits per heavy atom. The second-order valence-corrected chi connectivity index (χ2v) is 5.82. The van der Waals surface area contributed by atoms with Crippen molar-refractivity contribution in [3.63, 3.8) is 0 Å². The zero-order chi connectivity index (χ0) is 16.7. The topological polar surface area (TPSA) is 54.5 Å². The predicted molar refractivity (Wildman–Crippen MR) is 95.1 cm³/mol. The van der Waals surface area contributed by atoms with Crippen molar-refractivity contribution in [2.24, 2.45) is 0 Å². The van der Waals surface area contributed by atoms with Crippen LogP contribution in [0.5, 0.6) is 5.75 Å². The second-order valence-electron chi connectivity index (χ2n) is 5.82. The van der Waals surface area contributed by atoms with Crippen LogP contribution < -0.4 is 15.0 Å². The zero-order valence-corrected chi connectivity index (χ0v) is 13.5. The maximum atomic E-state index is 12.2. The van der Waals surface area contributed by atoms with Gasteiger partial charge in [0.1, 0.15) is 12.3 Å². The molecule has 1 amide bonds. The van der Waals surface area contributed by atoms with Crippen molar-refractivity contribution in [3.05, 3.63) is 54.2 Å². The number of para-hydroxylation sites is 1. The molecular formula is C19H17N3O2. The molecule has 0 atom stereocenters. The van der Waals surface area contributed by atoms with Crippen LogP contribution in [0.15, 0.2) is 48.5 Å². The molecule has 4 rings (SSSR count). The van der Waals surface area contributed by atoms with Gasteiger partial charge < -0.3 is 15.0 Å². The molecule has 0 saturated heterocycles. The minimum Gasteiger partial charge on any atom is -0.497 e. The molecule has 0 saturated carbocycles. The molecule has 0 radical (unpaired) electrons. The fraction of sp³-hybridized carbons (Fsp3) is 0.158. The summed E-state index contributed by atoms with van der Waals surface area (Å²) >= 11 is 0. The van der Waals surface area contributed by atoms with Crippen molar-refractivity contribution >= 4 is 33.9 Å². The number of amides is 1. The molecule has 1 aliphatic rings. The van der Waals surface area contributed by atoms with Crippen LogP contribution in [-0.4, -0.2) is 24.5 Å². The summed E-state index contributed by atoms with van der Waals surface area (Å²) in [6.07, 6.45) is 0. The highest BCUT2D eigenvalue weighted by Gasteiger charge is 2.25. The van der Waals surface area contributed by atoms with Crippen molar-refractivity contribution in [1.82, 2.24) is 4.98 Å². The Kier molecular flexibility index (Phi) is 3.34. The molecule has 0 aliphatic carbocycles. The molecule has 2 aromatic carbocycles. The van der Waals surface area contributed by atoms with Crippen LogP contribution in [0.1, 0.15) is 5.69 Å². The SMILES string of the molecule is COc1ccc2c(c1)NC(=O)CN2c1cc(C)nc2ccccc12. The summed E-state index contributed by atoms with van der Waals surface area (Å²) in [7, 11) is 1.61. The number of nitrogens with zero attached hydrogens (tertiary/aromatic N) is 2. The summed E-state index contributed by atoms with van der Waals surface area (Å²) in [5, 5.41) is 3.95. The highest BCUT2D eigenvalue weighted by molar-refractivity contribution is 6.06. The number of carbonyl (C=O) groups excluding carboxylic acids is 1. The number of carbonyl (C=O) groups is 1. The van der Waals surface area contributed by atoms with Gasteiger partial charge in [-0.3, -0.25) is 9.78 Å². The van der Waals surface area contributed by atoms with Gasteiger partial charge in [0, 0.05) is 17.1 Å². The second kappa shape index (κ2) is 5.53. The van der Waals surface area contributed by atoms with Crippen molar-refractivity contribution in [3.8, 4) is 5.75 Å². The van der Waals surface area contributed by atoms with Crippen molar-refractivity contribution in [2.45, 2.75) is 6.92 Å². The maximum Gasteiger partial charge on any atom is 0.244 e. The summed E-state index contributed by atoms with van der Waals surface area (Å²) in [4.78, 5) is 18.8. The number of methoxy groups -OCH3 is 1. The van der Waals surface area contributed by atoms with Crippen LogP contribution in [0, 0.1) is 6.92 Å². The summed E-state index contributed by atoms with van der Waals surface area (Å²) in [5.74, 6) is 0.668. The summed E-state index contributed by atoms with van der Waals surface area (Å²) in [6.45, 7) is 2.24.